The number of carboxylic acids is 1. The Kier molecular flexibility index (Phi) is 5.99. The Bertz CT molecular complexity index is 299. The summed E-state index contributed by atoms with van der Waals surface area (Å²) in [6, 6.07) is 0. The minimum atomic E-state index is -1.02. The molecule has 1 saturated carbocycles. The van der Waals surface area contributed by atoms with E-state index in [1.807, 2.05) is 0 Å². The molecule has 0 aliphatic heterocycles. The smallest absolute Gasteiger partial charge is 0.329 e. The second-order valence-corrected chi connectivity index (χ2v) is 6.28. The van der Waals surface area contributed by atoms with Gasteiger partial charge < -0.3 is 10.4 Å². The van der Waals surface area contributed by atoms with Gasteiger partial charge in [0, 0.05) is 0 Å². The summed E-state index contributed by atoms with van der Waals surface area (Å²) in [5.41, 5.74) is -1.02. The predicted molar refractivity (Wildman–Crippen MR) is 73.8 cm³/mol. The molecule has 0 aromatic heterocycles. The Morgan fingerprint density at radius 3 is 2.50 bits per heavy atom. The fourth-order valence-corrected chi connectivity index (χ4v) is 2.95. The maximum Gasteiger partial charge on any atom is 0.329 e. The number of hydrogen-bond acceptors (Lipinski definition) is 3. The van der Waals surface area contributed by atoms with Crippen LogP contribution in [0, 0.1) is 5.92 Å². The fraction of sp³-hybridized carbons (Fsp3) is 0.846. The van der Waals surface area contributed by atoms with Gasteiger partial charge in [-0.25, -0.2) is 4.79 Å². The van der Waals surface area contributed by atoms with Crippen LogP contribution in [-0.2, 0) is 9.59 Å². The van der Waals surface area contributed by atoms with Crippen LogP contribution in [0.25, 0.3) is 0 Å². The third-order valence-electron chi connectivity index (χ3n) is 3.50. The molecule has 1 aliphatic carbocycles. The number of nitrogens with one attached hydrogen (secondary N) is 1. The average Bonchev–Trinajstić information content (AvgIpc) is 2.32. The second kappa shape index (κ2) is 7.02. The van der Waals surface area contributed by atoms with Crippen LogP contribution >= 0.6 is 11.8 Å². The van der Waals surface area contributed by atoms with Crippen molar-refractivity contribution in [3.63, 3.8) is 0 Å². The number of rotatable bonds is 6. The SMILES string of the molecule is CCCSCC(=O)NC1(C(=O)O)CCC(C)CC1. The molecule has 0 spiro atoms. The van der Waals surface area contributed by atoms with Gasteiger partial charge in [-0.1, -0.05) is 13.8 Å². The van der Waals surface area contributed by atoms with Crippen LogP contribution < -0.4 is 5.32 Å². The highest BCUT2D eigenvalue weighted by Crippen LogP contribution is 2.32. The molecule has 5 heteroatoms. The molecule has 1 rings (SSSR count). The van der Waals surface area contributed by atoms with Gasteiger partial charge in [-0.15, -0.1) is 0 Å². The number of hydrogen-bond donors (Lipinski definition) is 2. The fourth-order valence-electron chi connectivity index (χ4n) is 2.26. The zero-order chi connectivity index (χ0) is 13.6. The summed E-state index contributed by atoms with van der Waals surface area (Å²) in [5.74, 6) is 0.820. The highest BCUT2D eigenvalue weighted by molar-refractivity contribution is 7.99. The lowest BCUT2D eigenvalue weighted by molar-refractivity contribution is -0.149. The molecule has 0 heterocycles. The highest BCUT2D eigenvalue weighted by Gasteiger charge is 2.42. The normalized spacial score (nSPS) is 27.8. The molecule has 0 unspecified atom stereocenters. The van der Waals surface area contributed by atoms with Crippen molar-refractivity contribution in [3.05, 3.63) is 0 Å². The van der Waals surface area contributed by atoms with Crippen LogP contribution in [-0.4, -0.2) is 34.0 Å². The molecule has 4 nitrogen and oxygen atoms in total. The van der Waals surface area contributed by atoms with Crippen molar-refractivity contribution in [2.24, 2.45) is 5.92 Å². The Morgan fingerprint density at radius 1 is 1.39 bits per heavy atom. The van der Waals surface area contributed by atoms with Crippen LogP contribution in [0.5, 0.6) is 0 Å². The van der Waals surface area contributed by atoms with Crippen LogP contribution in [0.15, 0.2) is 0 Å². The number of aliphatic carboxylic acids is 1. The number of amides is 1. The molecule has 0 bridgehead atoms. The first-order valence-electron chi connectivity index (χ1n) is 6.62. The standard InChI is InChI=1S/C13H23NO3S/c1-3-8-18-9-11(15)14-13(12(16)17)6-4-10(2)5-7-13/h10H,3-9H2,1-2H3,(H,14,15)(H,16,17). The zero-order valence-electron chi connectivity index (χ0n) is 11.2. The number of carboxylic acid groups (broad SMARTS) is 1. The summed E-state index contributed by atoms with van der Waals surface area (Å²) in [5, 5.41) is 12.1. The third kappa shape index (κ3) is 4.19. The van der Waals surface area contributed by atoms with Crippen LogP contribution in [0.2, 0.25) is 0 Å². The first-order valence-corrected chi connectivity index (χ1v) is 7.78. The Hall–Kier alpha value is -0.710. The van der Waals surface area contributed by atoms with Crippen LogP contribution in [0.1, 0.15) is 46.0 Å². The molecule has 0 saturated heterocycles. The van der Waals surface area contributed by atoms with Crippen LogP contribution in [0.3, 0.4) is 0 Å². The van der Waals surface area contributed by atoms with E-state index in [0.717, 1.165) is 25.0 Å². The molecule has 0 radical (unpaired) electrons. The monoisotopic (exact) mass is 273 g/mol. The van der Waals surface area contributed by atoms with E-state index in [1.165, 1.54) is 0 Å². The van der Waals surface area contributed by atoms with Crippen molar-refractivity contribution in [1.82, 2.24) is 5.32 Å². The second-order valence-electron chi connectivity index (χ2n) is 5.17. The summed E-state index contributed by atoms with van der Waals surface area (Å²) in [7, 11) is 0. The van der Waals surface area contributed by atoms with Crippen molar-refractivity contribution in [2.75, 3.05) is 11.5 Å². The van der Waals surface area contributed by atoms with Crippen molar-refractivity contribution < 1.29 is 14.7 Å². The minimum Gasteiger partial charge on any atom is -0.480 e. The quantitative estimate of drug-likeness (QED) is 0.729. The van der Waals surface area contributed by atoms with E-state index in [2.05, 4.69) is 19.2 Å². The first-order chi connectivity index (χ1) is 8.50. The number of thioether (sulfide) groups is 1. The molecular weight excluding hydrogens is 250 g/mol. The van der Waals surface area contributed by atoms with E-state index < -0.39 is 11.5 Å². The van der Waals surface area contributed by atoms with Gasteiger partial charge in [-0.3, -0.25) is 4.79 Å². The minimum absolute atomic E-state index is 0.148. The summed E-state index contributed by atoms with van der Waals surface area (Å²) in [6.07, 6.45) is 3.87. The number of carbonyl (C=O) groups is 2. The first kappa shape index (κ1) is 15.3. The van der Waals surface area contributed by atoms with Crippen molar-refractivity contribution >= 4 is 23.6 Å². The molecule has 0 aromatic rings. The summed E-state index contributed by atoms with van der Waals surface area (Å²) < 4.78 is 0. The molecule has 104 valence electrons. The molecule has 1 fully saturated rings. The molecule has 0 atom stereocenters. The zero-order valence-corrected chi connectivity index (χ0v) is 12.0. The Labute approximate surface area is 113 Å². The largest absolute Gasteiger partial charge is 0.480 e. The molecule has 1 amide bonds. The van der Waals surface area contributed by atoms with Gasteiger partial charge in [0.15, 0.2) is 0 Å². The van der Waals surface area contributed by atoms with Gasteiger partial charge in [0.25, 0.3) is 0 Å². The van der Waals surface area contributed by atoms with E-state index in [0.29, 0.717) is 24.5 Å². The van der Waals surface area contributed by atoms with Gasteiger partial charge in [-0.2, -0.15) is 11.8 Å². The van der Waals surface area contributed by atoms with Gasteiger partial charge in [0.1, 0.15) is 5.54 Å². The molecule has 2 N–H and O–H groups in total. The van der Waals surface area contributed by atoms with E-state index in [1.54, 1.807) is 11.8 Å². The molecular formula is C13H23NO3S. The van der Waals surface area contributed by atoms with Gasteiger partial charge in [0.05, 0.1) is 5.75 Å². The van der Waals surface area contributed by atoms with E-state index in [9.17, 15) is 14.7 Å². The van der Waals surface area contributed by atoms with Gasteiger partial charge >= 0.3 is 5.97 Å². The van der Waals surface area contributed by atoms with E-state index >= 15 is 0 Å². The summed E-state index contributed by atoms with van der Waals surface area (Å²) in [4.78, 5) is 23.2. The summed E-state index contributed by atoms with van der Waals surface area (Å²) >= 11 is 1.56. The van der Waals surface area contributed by atoms with Crippen molar-refractivity contribution in [3.8, 4) is 0 Å². The molecule has 0 aromatic carbocycles. The lowest BCUT2D eigenvalue weighted by atomic mass is 9.77. The molecule has 18 heavy (non-hydrogen) atoms. The maximum absolute atomic E-state index is 11.8. The predicted octanol–water partition coefficient (Wildman–Crippen LogP) is 2.28. The third-order valence-corrected chi connectivity index (χ3v) is 4.66. The van der Waals surface area contributed by atoms with Gasteiger partial charge in [0.2, 0.25) is 5.91 Å². The lowest BCUT2D eigenvalue weighted by Crippen LogP contribution is -2.56. The van der Waals surface area contributed by atoms with Crippen molar-refractivity contribution in [1.29, 1.82) is 0 Å². The molecule has 1 aliphatic rings. The van der Waals surface area contributed by atoms with Gasteiger partial charge in [-0.05, 0) is 43.8 Å². The average molecular weight is 273 g/mol. The maximum atomic E-state index is 11.8. The van der Waals surface area contributed by atoms with Crippen LogP contribution in [0.4, 0.5) is 0 Å². The number of carbonyl (C=O) groups excluding carboxylic acids is 1. The van der Waals surface area contributed by atoms with Crippen molar-refractivity contribution in [2.45, 2.75) is 51.5 Å². The Balaban J connectivity index is 2.52. The lowest BCUT2D eigenvalue weighted by Gasteiger charge is -2.36. The topological polar surface area (TPSA) is 66.4 Å². The van der Waals surface area contributed by atoms with E-state index in [4.69, 9.17) is 0 Å². The Morgan fingerprint density at radius 2 is 2.00 bits per heavy atom. The summed E-state index contributed by atoms with van der Waals surface area (Å²) in [6.45, 7) is 4.19. The highest BCUT2D eigenvalue weighted by atomic mass is 32.2. The van der Waals surface area contributed by atoms with E-state index in [-0.39, 0.29) is 5.91 Å².